The van der Waals surface area contributed by atoms with Crippen LogP contribution in [0.2, 0.25) is 10.0 Å². The minimum atomic E-state index is -4.19. The normalized spacial score (nSPS) is 12.0. The van der Waals surface area contributed by atoms with Gasteiger partial charge in [-0.15, -0.1) is 0 Å². The zero-order valence-electron chi connectivity index (χ0n) is 17.1. The predicted molar refractivity (Wildman–Crippen MR) is 126 cm³/mol. The first-order valence-corrected chi connectivity index (χ1v) is 11.9. The van der Waals surface area contributed by atoms with Crippen LogP contribution < -0.4 is 0 Å². The molecule has 4 nitrogen and oxygen atoms in total. The highest BCUT2D eigenvalue weighted by Gasteiger charge is 2.43. The van der Waals surface area contributed by atoms with Crippen LogP contribution in [0.3, 0.4) is 0 Å². The second-order valence-corrected chi connectivity index (χ2v) is 9.71. The predicted octanol–water partition coefficient (Wildman–Crippen LogP) is 6.39. The zero-order chi connectivity index (χ0) is 22.8. The molecule has 0 N–H and O–H groups in total. The van der Waals surface area contributed by atoms with Gasteiger partial charge < -0.3 is 0 Å². The summed E-state index contributed by atoms with van der Waals surface area (Å²) in [5.41, 5.74) is 1.12. The van der Waals surface area contributed by atoms with Crippen LogP contribution in [-0.4, -0.2) is 13.4 Å². The van der Waals surface area contributed by atoms with Gasteiger partial charge in [-0.1, -0.05) is 71.2 Å². The summed E-state index contributed by atoms with van der Waals surface area (Å²) in [6.07, 6.45) is 3.21. The maximum Gasteiger partial charge on any atom is 0.298 e. The third-order valence-corrected chi connectivity index (χ3v) is 6.94. The smallest absolute Gasteiger partial charge is 0.264 e. The van der Waals surface area contributed by atoms with E-state index in [1.54, 1.807) is 85.2 Å². The van der Waals surface area contributed by atoms with E-state index >= 15 is 0 Å². The molecule has 162 valence electrons. The van der Waals surface area contributed by atoms with E-state index in [9.17, 15) is 8.42 Å². The quantitative estimate of drug-likeness (QED) is 0.298. The summed E-state index contributed by atoms with van der Waals surface area (Å²) >= 11 is 12.3. The van der Waals surface area contributed by atoms with E-state index in [1.165, 1.54) is 12.1 Å². The van der Waals surface area contributed by atoms with E-state index in [0.717, 1.165) is 5.56 Å². The molecule has 4 aromatic rings. The van der Waals surface area contributed by atoms with Crippen molar-refractivity contribution in [2.24, 2.45) is 0 Å². The second kappa shape index (κ2) is 9.04. The number of benzene rings is 3. The molecule has 0 bridgehead atoms. The van der Waals surface area contributed by atoms with E-state index in [4.69, 9.17) is 27.4 Å². The maximum absolute atomic E-state index is 13.5. The molecular formula is C25H19Cl2NO3S. The molecule has 0 spiro atoms. The van der Waals surface area contributed by atoms with Gasteiger partial charge in [-0.25, -0.2) is 4.18 Å². The van der Waals surface area contributed by atoms with Gasteiger partial charge in [-0.3, -0.25) is 4.98 Å². The molecule has 0 fully saturated rings. The lowest BCUT2D eigenvalue weighted by Crippen LogP contribution is -2.35. The van der Waals surface area contributed by atoms with Gasteiger partial charge in [-0.05, 0) is 60.5 Å². The van der Waals surface area contributed by atoms with Crippen molar-refractivity contribution < 1.29 is 12.6 Å². The Hall–Kier alpha value is -2.70. The fourth-order valence-electron chi connectivity index (χ4n) is 3.50. The summed E-state index contributed by atoms with van der Waals surface area (Å²) in [5, 5.41) is 1.04. The number of hydrogen-bond donors (Lipinski definition) is 0. The van der Waals surface area contributed by atoms with Crippen LogP contribution in [0.25, 0.3) is 0 Å². The molecule has 0 amide bonds. The van der Waals surface area contributed by atoms with Crippen molar-refractivity contribution in [3.63, 3.8) is 0 Å². The number of halogens is 2. The summed E-state index contributed by atoms with van der Waals surface area (Å²) in [4.78, 5) is 4.28. The fraction of sp³-hybridized carbons (Fsp3) is 0.0800. The lowest BCUT2D eigenvalue weighted by Gasteiger charge is -2.34. The lowest BCUT2D eigenvalue weighted by molar-refractivity contribution is 0.163. The topological polar surface area (TPSA) is 56.3 Å². The molecular weight excluding hydrogens is 465 g/mol. The van der Waals surface area contributed by atoms with Crippen LogP contribution in [0.4, 0.5) is 0 Å². The van der Waals surface area contributed by atoms with Crippen molar-refractivity contribution in [1.82, 2.24) is 4.98 Å². The highest BCUT2D eigenvalue weighted by molar-refractivity contribution is 7.86. The van der Waals surface area contributed by atoms with Gasteiger partial charge in [0.15, 0.2) is 5.60 Å². The Morgan fingerprint density at radius 3 is 1.75 bits per heavy atom. The average molecular weight is 484 g/mol. The maximum atomic E-state index is 13.5. The Morgan fingerprint density at radius 2 is 1.28 bits per heavy atom. The van der Waals surface area contributed by atoms with Crippen molar-refractivity contribution in [1.29, 1.82) is 0 Å². The zero-order valence-corrected chi connectivity index (χ0v) is 19.4. The molecule has 1 aromatic heterocycles. The number of aryl methyl sites for hydroxylation is 1. The molecule has 3 aromatic carbocycles. The average Bonchev–Trinajstić information content (AvgIpc) is 2.79. The standard InChI is InChI=1S/C25H19Cl2NO3S/c1-18-4-14-24(15-5-18)32(29,30)31-25(21-3-2-16-28-17-21,19-6-10-22(26)11-7-19)20-8-12-23(27)13-9-20/h2-17H,1H3. The van der Waals surface area contributed by atoms with Crippen molar-refractivity contribution in [2.75, 3.05) is 0 Å². The van der Waals surface area contributed by atoms with Crippen molar-refractivity contribution in [3.8, 4) is 0 Å². The number of hydrogen-bond acceptors (Lipinski definition) is 4. The van der Waals surface area contributed by atoms with Gasteiger partial charge in [0.2, 0.25) is 0 Å². The Labute approximate surface area is 197 Å². The molecule has 32 heavy (non-hydrogen) atoms. The first kappa shape index (κ1) is 22.5. The van der Waals surface area contributed by atoms with Crippen LogP contribution in [0.1, 0.15) is 22.3 Å². The van der Waals surface area contributed by atoms with E-state index in [2.05, 4.69) is 4.98 Å². The molecule has 4 rings (SSSR count). The summed E-state index contributed by atoms with van der Waals surface area (Å²) in [6, 6.07) is 23.8. The monoisotopic (exact) mass is 483 g/mol. The summed E-state index contributed by atoms with van der Waals surface area (Å²) in [7, 11) is -4.19. The van der Waals surface area contributed by atoms with E-state index in [-0.39, 0.29) is 4.90 Å². The second-order valence-electron chi connectivity index (χ2n) is 7.29. The first-order chi connectivity index (χ1) is 15.3. The van der Waals surface area contributed by atoms with Crippen LogP contribution in [-0.2, 0) is 19.9 Å². The summed E-state index contributed by atoms with van der Waals surface area (Å²) in [6.45, 7) is 1.89. The van der Waals surface area contributed by atoms with Gasteiger partial charge >= 0.3 is 0 Å². The van der Waals surface area contributed by atoms with Crippen LogP contribution in [0.15, 0.2) is 102 Å². The minimum absolute atomic E-state index is 0.0549. The highest BCUT2D eigenvalue weighted by Crippen LogP contribution is 2.43. The van der Waals surface area contributed by atoms with Crippen molar-refractivity contribution >= 4 is 33.3 Å². The van der Waals surface area contributed by atoms with E-state index < -0.39 is 15.7 Å². The van der Waals surface area contributed by atoms with Gasteiger partial charge in [0.05, 0.1) is 4.90 Å². The number of rotatable bonds is 6. The molecule has 1 heterocycles. The van der Waals surface area contributed by atoms with Gasteiger partial charge in [0, 0.05) is 28.0 Å². The third kappa shape index (κ3) is 4.43. The first-order valence-electron chi connectivity index (χ1n) is 9.76. The van der Waals surface area contributed by atoms with E-state index in [1.807, 2.05) is 6.92 Å². The molecule has 0 saturated carbocycles. The third-order valence-electron chi connectivity index (χ3n) is 5.11. The van der Waals surface area contributed by atoms with E-state index in [0.29, 0.717) is 26.7 Å². The molecule has 0 unspecified atom stereocenters. The molecule has 0 aliphatic carbocycles. The van der Waals surface area contributed by atoms with Gasteiger partial charge in [-0.2, -0.15) is 8.42 Å². The van der Waals surface area contributed by atoms with Crippen molar-refractivity contribution in [3.05, 3.63) is 130 Å². The van der Waals surface area contributed by atoms with Crippen molar-refractivity contribution in [2.45, 2.75) is 17.4 Å². The lowest BCUT2D eigenvalue weighted by atomic mass is 9.81. The molecule has 0 aliphatic heterocycles. The minimum Gasteiger partial charge on any atom is -0.264 e. The molecule has 0 aliphatic rings. The summed E-state index contributed by atoms with van der Waals surface area (Å²) < 4.78 is 33.2. The largest absolute Gasteiger partial charge is 0.298 e. The number of pyridine rings is 1. The van der Waals surface area contributed by atoms with Crippen LogP contribution >= 0.6 is 23.2 Å². The highest BCUT2D eigenvalue weighted by atomic mass is 35.5. The Morgan fingerprint density at radius 1 is 0.750 bits per heavy atom. The Bertz CT molecular complexity index is 1260. The number of nitrogens with zero attached hydrogens (tertiary/aromatic N) is 1. The SMILES string of the molecule is Cc1ccc(S(=O)(=O)OC(c2ccc(Cl)cc2)(c2ccc(Cl)cc2)c2cccnc2)cc1. The molecule has 0 atom stereocenters. The Balaban J connectivity index is 2.01. The fourth-order valence-corrected chi connectivity index (χ4v) is 4.94. The Kier molecular flexibility index (Phi) is 6.35. The van der Waals surface area contributed by atoms with Crippen LogP contribution in [0.5, 0.6) is 0 Å². The summed E-state index contributed by atoms with van der Waals surface area (Å²) in [5.74, 6) is 0. The van der Waals surface area contributed by atoms with Gasteiger partial charge in [0.25, 0.3) is 10.1 Å². The van der Waals surface area contributed by atoms with Crippen LogP contribution in [0, 0.1) is 6.92 Å². The number of aromatic nitrogens is 1. The van der Waals surface area contributed by atoms with Gasteiger partial charge in [0.1, 0.15) is 0 Å². The molecule has 7 heteroatoms. The molecule has 0 radical (unpaired) electrons. The molecule has 0 saturated heterocycles.